The summed E-state index contributed by atoms with van der Waals surface area (Å²) in [6.45, 7) is 10.3. The summed E-state index contributed by atoms with van der Waals surface area (Å²) in [6, 6.07) is 0. The highest BCUT2D eigenvalue weighted by atomic mass is 27.2. The molecule has 4 heteroatoms. The first kappa shape index (κ1) is 19.4. The Labute approximate surface area is 126 Å². The van der Waals surface area contributed by atoms with E-state index in [-0.39, 0.29) is 0 Å². The predicted molar refractivity (Wildman–Crippen MR) is 88.3 cm³/mol. The topological polar surface area (TPSA) is 36.1 Å². The van der Waals surface area contributed by atoms with E-state index in [4.69, 9.17) is 0 Å². The van der Waals surface area contributed by atoms with Crippen LogP contribution in [0.5, 0.6) is 0 Å². The second-order valence-electron chi connectivity index (χ2n) is 5.42. The number of rotatable bonds is 15. The molecule has 0 aliphatic rings. The van der Waals surface area contributed by atoms with Gasteiger partial charge in [-0.3, -0.25) is 0 Å². The molecular formula is C15H36AlN3. The average molecular weight is 285 g/mol. The third kappa shape index (κ3) is 14.6. The van der Waals surface area contributed by atoms with Crippen molar-refractivity contribution in [3.63, 3.8) is 0 Å². The number of hydrogen-bond acceptors (Lipinski definition) is 3. The first-order chi connectivity index (χ1) is 9.35. The summed E-state index contributed by atoms with van der Waals surface area (Å²) in [5.74, 6) is 0. The van der Waals surface area contributed by atoms with E-state index >= 15 is 0 Å². The second kappa shape index (κ2) is 16.5. The minimum atomic E-state index is -1.11. The highest BCUT2D eigenvalue weighted by Crippen LogP contribution is 1.94. The molecule has 0 saturated carbocycles. The van der Waals surface area contributed by atoms with E-state index in [2.05, 4.69) is 33.7 Å². The van der Waals surface area contributed by atoms with E-state index in [1.807, 2.05) is 0 Å². The highest BCUT2D eigenvalue weighted by Gasteiger charge is 2.18. The van der Waals surface area contributed by atoms with Crippen LogP contribution in [0.25, 0.3) is 0 Å². The molecule has 0 amide bonds. The number of nitrogens with one attached hydrogen (secondary N) is 3. The van der Waals surface area contributed by atoms with Gasteiger partial charge in [0.25, 0.3) is 0 Å². The van der Waals surface area contributed by atoms with Gasteiger partial charge in [0.05, 0.1) is 0 Å². The molecule has 3 nitrogen and oxygen atoms in total. The fourth-order valence-corrected chi connectivity index (χ4v) is 3.99. The molecule has 0 aromatic heterocycles. The minimum Gasteiger partial charge on any atom is -0.371 e. The van der Waals surface area contributed by atoms with Crippen LogP contribution < -0.4 is 12.9 Å². The Balaban J connectivity index is 3.66. The van der Waals surface area contributed by atoms with Crippen molar-refractivity contribution in [1.29, 1.82) is 0 Å². The third-order valence-electron chi connectivity index (χ3n) is 3.39. The van der Waals surface area contributed by atoms with Gasteiger partial charge in [0.2, 0.25) is 0 Å². The van der Waals surface area contributed by atoms with Crippen LogP contribution in [0.1, 0.15) is 78.6 Å². The van der Waals surface area contributed by atoms with Gasteiger partial charge in [-0.25, -0.2) is 0 Å². The standard InChI is InChI=1S/3C5H12N.Al/c3*1-2-3-4-5-6;/h3*6H,2-5H2,1H3;/q3*-1;+3. The molecule has 0 unspecified atom stereocenters. The van der Waals surface area contributed by atoms with Gasteiger partial charge in [-0.1, -0.05) is 59.3 Å². The van der Waals surface area contributed by atoms with Crippen molar-refractivity contribution >= 4 is 14.8 Å². The maximum Gasteiger partial charge on any atom is 0.600 e. The Kier molecular flexibility index (Phi) is 16.8. The van der Waals surface area contributed by atoms with Crippen molar-refractivity contribution in [2.75, 3.05) is 19.6 Å². The van der Waals surface area contributed by atoms with Gasteiger partial charge < -0.3 is 12.9 Å². The van der Waals surface area contributed by atoms with Gasteiger partial charge in [-0.05, 0) is 38.9 Å². The molecule has 0 aromatic carbocycles. The van der Waals surface area contributed by atoms with Crippen LogP contribution in [-0.2, 0) is 0 Å². The molecule has 3 N–H and O–H groups in total. The van der Waals surface area contributed by atoms with Crippen molar-refractivity contribution in [3.05, 3.63) is 0 Å². The fourth-order valence-electron chi connectivity index (χ4n) is 2.08. The Bertz CT molecular complexity index is 139. The second-order valence-corrected chi connectivity index (χ2v) is 7.51. The molecule has 114 valence electrons. The smallest absolute Gasteiger partial charge is 0.371 e. The van der Waals surface area contributed by atoms with Crippen LogP contribution >= 0.6 is 0 Å². The summed E-state index contributed by atoms with van der Waals surface area (Å²) in [7, 11) is 0. The third-order valence-corrected chi connectivity index (χ3v) is 5.48. The lowest BCUT2D eigenvalue weighted by Crippen LogP contribution is -2.58. The molecular weight excluding hydrogens is 249 g/mol. The normalized spacial score (nSPS) is 10.9. The SMILES string of the molecule is CCCCC[NH][Al]([NH]CCCCC)[NH]CCCCC. The zero-order valence-electron chi connectivity index (χ0n) is 13.6. The fraction of sp³-hybridized carbons (Fsp3) is 1.00. The highest BCUT2D eigenvalue weighted by molar-refractivity contribution is 6.50. The van der Waals surface area contributed by atoms with Crippen LogP contribution in [0.4, 0.5) is 0 Å². The monoisotopic (exact) mass is 285 g/mol. The molecule has 0 aromatic rings. The van der Waals surface area contributed by atoms with Gasteiger partial charge in [0, 0.05) is 0 Å². The lowest BCUT2D eigenvalue weighted by molar-refractivity contribution is 0.644. The van der Waals surface area contributed by atoms with Crippen molar-refractivity contribution in [2.24, 2.45) is 0 Å². The maximum absolute atomic E-state index is 3.73. The van der Waals surface area contributed by atoms with Crippen LogP contribution in [0.3, 0.4) is 0 Å². The predicted octanol–water partition coefficient (Wildman–Crippen LogP) is 3.31. The van der Waals surface area contributed by atoms with E-state index < -0.39 is 14.8 Å². The van der Waals surface area contributed by atoms with Gasteiger partial charge in [-0.2, -0.15) is 0 Å². The van der Waals surface area contributed by atoms with Crippen molar-refractivity contribution in [3.8, 4) is 0 Å². The van der Waals surface area contributed by atoms with Gasteiger partial charge in [0.1, 0.15) is 0 Å². The largest absolute Gasteiger partial charge is 0.600 e. The Hall–Kier alpha value is 0.412. The lowest BCUT2D eigenvalue weighted by Gasteiger charge is -2.15. The summed E-state index contributed by atoms with van der Waals surface area (Å²) in [5.41, 5.74) is 0. The summed E-state index contributed by atoms with van der Waals surface area (Å²) < 4.78 is 11.2. The van der Waals surface area contributed by atoms with Crippen LogP contribution in [0.2, 0.25) is 0 Å². The van der Waals surface area contributed by atoms with Gasteiger partial charge in [0.15, 0.2) is 0 Å². The van der Waals surface area contributed by atoms with E-state index in [9.17, 15) is 0 Å². The molecule has 19 heavy (non-hydrogen) atoms. The van der Waals surface area contributed by atoms with E-state index in [1.165, 1.54) is 77.4 Å². The Morgan fingerprint density at radius 1 is 0.526 bits per heavy atom. The summed E-state index contributed by atoms with van der Waals surface area (Å²) in [4.78, 5) is 0. The minimum absolute atomic E-state index is 1.11. The summed E-state index contributed by atoms with van der Waals surface area (Å²) >= 11 is -1.11. The molecule has 0 rings (SSSR count). The summed E-state index contributed by atoms with van der Waals surface area (Å²) in [5, 5.41) is 0. The number of unbranched alkanes of at least 4 members (excludes halogenated alkanes) is 6. The quantitative estimate of drug-likeness (QED) is 0.319. The van der Waals surface area contributed by atoms with Gasteiger partial charge in [-0.15, -0.1) is 0 Å². The molecule has 0 aliphatic heterocycles. The molecule has 0 radical (unpaired) electrons. The summed E-state index contributed by atoms with van der Waals surface area (Å²) in [6.07, 6.45) is 11.9. The zero-order chi connectivity index (χ0) is 14.2. The molecule has 0 spiro atoms. The first-order valence-corrected chi connectivity index (χ1v) is 10.3. The van der Waals surface area contributed by atoms with E-state index in [0.717, 1.165) is 0 Å². The van der Waals surface area contributed by atoms with E-state index in [1.54, 1.807) is 0 Å². The van der Waals surface area contributed by atoms with Crippen molar-refractivity contribution in [1.82, 2.24) is 12.9 Å². The van der Waals surface area contributed by atoms with Crippen molar-refractivity contribution < 1.29 is 0 Å². The number of hydrogen-bond donors (Lipinski definition) is 3. The average Bonchev–Trinajstić information content (AvgIpc) is 2.43. The Morgan fingerprint density at radius 2 is 0.842 bits per heavy atom. The van der Waals surface area contributed by atoms with Gasteiger partial charge >= 0.3 is 14.8 Å². The molecule has 0 saturated heterocycles. The molecule has 0 bridgehead atoms. The van der Waals surface area contributed by atoms with Crippen LogP contribution in [-0.4, -0.2) is 34.4 Å². The van der Waals surface area contributed by atoms with Crippen LogP contribution in [0, 0.1) is 0 Å². The van der Waals surface area contributed by atoms with Crippen molar-refractivity contribution in [2.45, 2.75) is 78.6 Å². The lowest BCUT2D eigenvalue weighted by atomic mass is 10.3. The van der Waals surface area contributed by atoms with Crippen LogP contribution in [0.15, 0.2) is 0 Å². The maximum atomic E-state index is 3.73. The zero-order valence-corrected chi connectivity index (χ0v) is 14.7. The van der Waals surface area contributed by atoms with E-state index in [0.29, 0.717) is 0 Å². The molecule has 0 atom stereocenters. The molecule has 0 heterocycles. The molecule has 0 aliphatic carbocycles. The first-order valence-electron chi connectivity index (χ1n) is 8.55. The molecule has 0 fully saturated rings. The Morgan fingerprint density at radius 3 is 1.11 bits per heavy atom.